The molecule has 0 radical (unpaired) electrons. The molecule has 3 aromatic rings. The molecule has 0 aliphatic heterocycles. The molecule has 0 bridgehead atoms. The van der Waals surface area contributed by atoms with Crippen LogP contribution in [0, 0.1) is 0 Å². The monoisotopic (exact) mass is 375 g/mol. The number of hydrogen-bond donors (Lipinski definition) is 1. The summed E-state index contributed by atoms with van der Waals surface area (Å²) >= 11 is 3.23. The quantitative estimate of drug-likeness (QED) is 0.685. The highest BCUT2D eigenvalue weighted by atomic mass is 32.1. The van der Waals surface area contributed by atoms with Gasteiger partial charge in [-0.3, -0.25) is 14.2 Å². The molecule has 3 rings (SSSR count). The van der Waals surface area contributed by atoms with Gasteiger partial charge in [-0.15, -0.1) is 22.7 Å². The van der Waals surface area contributed by atoms with E-state index in [2.05, 4.69) is 13.8 Å². The van der Waals surface area contributed by atoms with Gasteiger partial charge in [0, 0.05) is 34.7 Å². The van der Waals surface area contributed by atoms with Gasteiger partial charge in [0.1, 0.15) is 10.7 Å². The second-order valence-corrected chi connectivity index (χ2v) is 7.89. The molecular formula is C18H21N3O2S2. The highest BCUT2D eigenvalue weighted by molar-refractivity contribution is 7.20. The highest BCUT2D eigenvalue weighted by Crippen LogP contribution is 2.38. The third-order valence-corrected chi connectivity index (χ3v) is 6.22. The van der Waals surface area contributed by atoms with E-state index in [1.54, 1.807) is 27.2 Å². The maximum absolute atomic E-state index is 13.3. The lowest BCUT2D eigenvalue weighted by Gasteiger charge is -2.11. The van der Waals surface area contributed by atoms with Gasteiger partial charge in [0.05, 0.1) is 5.39 Å². The Morgan fingerprint density at radius 2 is 2.16 bits per heavy atom. The number of thiophene rings is 2. The number of nitrogens with two attached hydrogens (primary N) is 1. The van der Waals surface area contributed by atoms with E-state index < -0.39 is 5.91 Å². The summed E-state index contributed by atoms with van der Waals surface area (Å²) in [5, 5.41) is 2.69. The fourth-order valence-corrected chi connectivity index (χ4v) is 4.97. The molecule has 25 heavy (non-hydrogen) atoms. The average Bonchev–Trinajstić information content (AvgIpc) is 3.21. The number of nitrogens with zero attached hydrogens (tertiary/aromatic N) is 2. The third kappa shape index (κ3) is 3.39. The van der Waals surface area contributed by atoms with E-state index in [1.165, 1.54) is 4.88 Å². The molecule has 1 amide bonds. The molecule has 5 nitrogen and oxygen atoms in total. The fourth-order valence-electron chi connectivity index (χ4n) is 2.97. The molecule has 2 N–H and O–H groups in total. The summed E-state index contributed by atoms with van der Waals surface area (Å²) < 4.78 is 1.64. The number of amides is 1. The van der Waals surface area contributed by atoms with Crippen LogP contribution in [-0.2, 0) is 24.2 Å². The van der Waals surface area contributed by atoms with E-state index in [0.29, 0.717) is 11.8 Å². The highest BCUT2D eigenvalue weighted by Gasteiger charge is 2.21. The standard InChI is InChI=1S/C18H21N3O2S2/c1-3-6-14-20-17-16(18(23)21(14)9-8-13(19)22)15(11(4-2)25-17)12-7-5-10-24-12/h5,7,10H,3-4,6,8-9H2,1-2H3,(H2,19,22). The number of aromatic nitrogens is 2. The molecule has 0 atom stereocenters. The predicted molar refractivity (Wildman–Crippen MR) is 104 cm³/mol. The van der Waals surface area contributed by atoms with E-state index in [0.717, 1.165) is 33.9 Å². The molecule has 3 heterocycles. The maximum Gasteiger partial charge on any atom is 0.262 e. The van der Waals surface area contributed by atoms with Crippen molar-refractivity contribution in [2.24, 2.45) is 5.73 Å². The minimum absolute atomic E-state index is 0.0611. The van der Waals surface area contributed by atoms with Crippen LogP contribution in [-0.4, -0.2) is 15.5 Å². The van der Waals surface area contributed by atoms with Crippen LogP contribution in [0.3, 0.4) is 0 Å². The fraction of sp³-hybridized carbons (Fsp3) is 0.389. The minimum atomic E-state index is -0.410. The molecule has 132 valence electrons. The predicted octanol–water partition coefficient (Wildman–Crippen LogP) is 3.58. The number of aryl methyl sites for hydroxylation is 2. The first-order valence-corrected chi connectivity index (χ1v) is 10.1. The average molecular weight is 376 g/mol. The van der Waals surface area contributed by atoms with E-state index >= 15 is 0 Å². The molecular weight excluding hydrogens is 354 g/mol. The lowest BCUT2D eigenvalue weighted by Crippen LogP contribution is -2.27. The topological polar surface area (TPSA) is 78.0 Å². The van der Waals surface area contributed by atoms with Crippen LogP contribution in [0.4, 0.5) is 0 Å². The van der Waals surface area contributed by atoms with Crippen molar-refractivity contribution in [1.29, 1.82) is 0 Å². The number of carbonyl (C=O) groups excluding carboxylic acids is 1. The van der Waals surface area contributed by atoms with Crippen molar-refractivity contribution in [1.82, 2.24) is 9.55 Å². The van der Waals surface area contributed by atoms with Crippen molar-refractivity contribution in [3.8, 4) is 10.4 Å². The number of rotatable bonds is 7. The number of hydrogen-bond acceptors (Lipinski definition) is 5. The SMILES string of the molecule is CCCc1nc2sc(CC)c(-c3cccs3)c2c(=O)n1CCC(N)=O. The van der Waals surface area contributed by atoms with Crippen LogP contribution in [0.15, 0.2) is 22.3 Å². The third-order valence-electron chi connectivity index (χ3n) is 4.11. The number of carbonyl (C=O) groups is 1. The number of fused-ring (bicyclic) bond motifs is 1. The van der Waals surface area contributed by atoms with Crippen LogP contribution in [0.5, 0.6) is 0 Å². The smallest absolute Gasteiger partial charge is 0.262 e. The second-order valence-electron chi connectivity index (χ2n) is 5.86. The van der Waals surface area contributed by atoms with E-state index in [4.69, 9.17) is 10.7 Å². The molecule has 0 saturated heterocycles. The zero-order chi connectivity index (χ0) is 18.0. The van der Waals surface area contributed by atoms with E-state index in [9.17, 15) is 9.59 Å². The van der Waals surface area contributed by atoms with Gasteiger partial charge < -0.3 is 5.73 Å². The lowest BCUT2D eigenvalue weighted by molar-refractivity contribution is -0.118. The van der Waals surface area contributed by atoms with Gasteiger partial charge in [-0.05, 0) is 24.3 Å². The van der Waals surface area contributed by atoms with Crippen LogP contribution in [0.1, 0.15) is 37.4 Å². The summed E-state index contributed by atoms with van der Waals surface area (Å²) in [7, 11) is 0. The van der Waals surface area contributed by atoms with Gasteiger partial charge in [-0.25, -0.2) is 4.98 Å². The summed E-state index contributed by atoms with van der Waals surface area (Å²) in [6.45, 7) is 4.44. The molecule has 0 aromatic carbocycles. The van der Waals surface area contributed by atoms with Crippen molar-refractivity contribution < 1.29 is 4.79 Å². The van der Waals surface area contributed by atoms with Gasteiger partial charge >= 0.3 is 0 Å². The summed E-state index contributed by atoms with van der Waals surface area (Å²) in [6, 6.07) is 4.03. The van der Waals surface area contributed by atoms with Crippen LogP contribution in [0.2, 0.25) is 0 Å². The minimum Gasteiger partial charge on any atom is -0.370 e. The Kier molecular flexibility index (Phi) is 5.34. The Balaban J connectivity index is 2.28. The Labute approximate surface area is 154 Å². The first-order chi connectivity index (χ1) is 12.1. The molecule has 0 aliphatic rings. The largest absolute Gasteiger partial charge is 0.370 e. The Hall–Kier alpha value is -1.99. The zero-order valence-corrected chi connectivity index (χ0v) is 16.0. The normalized spacial score (nSPS) is 11.3. The van der Waals surface area contributed by atoms with Crippen molar-refractivity contribution in [3.05, 3.63) is 38.6 Å². The molecule has 0 fully saturated rings. The van der Waals surface area contributed by atoms with Gasteiger partial charge in [0.25, 0.3) is 5.56 Å². The van der Waals surface area contributed by atoms with E-state index in [1.807, 2.05) is 17.5 Å². The molecule has 7 heteroatoms. The first-order valence-electron chi connectivity index (χ1n) is 8.44. The van der Waals surface area contributed by atoms with Crippen LogP contribution in [0.25, 0.3) is 20.7 Å². The number of primary amides is 1. The van der Waals surface area contributed by atoms with Crippen molar-refractivity contribution in [3.63, 3.8) is 0 Å². The zero-order valence-electron chi connectivity index (χ0n) is 14.4. The van der Waals surface area contributed by atoms with Crippen molar-refractivity contribution in [2.75, 3.05) is 0 Å². The maximum atomic E-state index is 13.3. The molecule has 3 aromatic heterocycles. The summed E-state index contributed by atoms with van der Waals surface area (Å²) in [4.78, 5) is 32.3. The van der Waals surface area contributed by atoms with Crippen molar-refractivity contribution in [2.45, 2.75) is 46.1 Å². The van der Waals surface area contributed by atoms with Crippen molar-refractivity contribution >= 4 is 38.8 Å². The van der Waals surface area contributed by atoms with E-state index in [-0.39, 0.29) is 18.5 Å². The molecule has 0 spiro atoms. The lowest BCUT2D eigenvalue weighted by atomic mass is 10.1. The van der Waals surface area contributed by atoms with Gasteiger partial charge in [0.2, 0.25) is 5.91 Å². The van der Waals surface area contributed by atoms with Crippen LogP contribution < -0.4 is 11.3 Å². The summed E-state index contributed by atoms with van der Waals surface area (Å²) in [6.07, 6.45) is 2.59. The first kappa shape index (κ1) is 17.8. The molecule has 0 aliphatic carbocycles. The van der Waals surface area contributed by atoms with Gasteiger partial charge in [-0.1, -0.05) is 19.9 Å². The molecule has 0 saturated carbocycles. The second kappa shape index (κ2) is 7.49. The Morgan fingerprint density at radius 1 is 1.36 bits per heavy atom. The Bertz CT molecular complexity index is 955. The van der Waals surface area contributed by atoms with Crippen LogP contribution >= 0.6 is 22.7 Å². The van der Waals surface area contributed by atoms with Gasteiger partial charge in [0.15, 0.2) is 0 Å². The molecule has 0 unspecified atom stereocenters. The van der Waals surface area contributed by atoms with Gasteiger partial charge in [-0.2, -0.15) is 0 Å². The summed E-state index contributed by atoms with van der Waals surface area (Å²) in [5.74, 6) is 0.329. The Morgan fingerprint density at radius 3 is 2.76 bits per heavy atom. The summed E-state index contributed by atoms with van der Waals surface area (Å²) in [5.41, 5.74) is 6.23.